The van der Waals surface area contributed by atoms with Gasteiger partial charge in [-0.3, -0.25) is 4.79 Å². The first kappa shape index (κ1) is 9.97. The molecule has 0 aliphatic carbocycles. The summed E-state index contributed by atoms with van der Waals surface area (Å²) >= 11 is 0. The quantitative estimate of drug-likeness (QED) is 0.756. The molecule has 0 aliphatic heterocycles. The SMILES string of the molecule is Cc1cc(=O)[nH]c2c(C(C)C)cccc12. The van der Waals surface area contributed by atoms with Crippen molar-refractivity contribution in [2.45, 2.75) is 26.7 Å². The molecule has 1 heterocycles. The van der Waals surface area contributed by atoms with E-state index in [1.165, 1.54) is 5.56 Å². The number of rotatable bonds is 1. The molecule has 0 spiro atoms. The number of hydrogen-bond donors (Lipinski definition) is 1. The molecule has 2 heteroatoms. The molecule has 0 bridgehead atoms. The van der Waals surface area contributed by atoms with E-state index in [0.29, 0.717) is 5.92 Å². The number of fused-ring (bicyclic) bond motifs is 1. The van der Waals surface area contributed by atoms with Gasteiger partial charge in [-0.25, -0.2) is 0 Å². The highest BCUT2D eigenvalue weighted by Crippen LogP contribution is 2.24. The number of para-hydroxylation sites is 1. The second-order valence-corrected chi connectivity index (χ2v) is 4.24. The van der Waals surface area contributed by atoms with E-state index in [-0.39, 0.29) is 5.56 Å². The molecule has 0 saturated carbocycles. The summed E-state index contributed by atoms with van der Waals surface area (Å²) in [6.07, 6.45) is 0. The minimum Gasteiger partial charge on any atom is -0.322 e. The summed E-state index contributed by atoms with van der Waals surface area (Å²) in [6, 6.07) is 7.81. The maximum absolute atomic E-state index is 11.4. The fraction of sp³-hybridized carbons (Fsp3) is 0.308. The molecule has 1 N–H and O–H groups in total. The number of pyridine rings is 1. The van der Waals surface area contributed by atoms with Crippen molar-refractivity contribution >= 4 is 10.9 Å². The molecule has 0 amide bonds. The van der Waals surface area contributed by atoms with Gasteiger partial charge in [0.15, 0.2) is 0 Å². The fourth-order valence-corrected chi connectivity index (χ4v) is 1.95. The van der Waals surface area contributed by atoms with E-state index in [1.807, 2.05) is 19.1 Å². The zero-order valence-electron chi connectivity index (χ0n) is 9.29. The maximum Gasteiger partial charge on any atom is 0.248 e. The molecule has 15 heavy (non-hydrogen) atoms. The summed E-state index contributed by atoms with van der Waals surface area (Å²) in [7, 11) is 0. The number of H-pyrrole nitrogens is 1. The van der Waals surface area contributed by atoms with Gasteiger partial charge in [-0.2, -0.15) is 0 Å². The Morgan fingerprint density at radius 1 is 1.27 bits per heavy atom. The van der Waals surface area contributed by atoms with Crippen molar-refractivity contribution in [3.63, 3.8) is 0 Å². The molecule has 2 nitrogen and oxygen atoms in total. The Bertz CT molecular complexity index is 552. The lowest BCUT2D eigenvalue weighted by molar-refractivity contribution is 0.872. The zero-order chi connectivity index (χ0) is 11.0. The number of benzene rings is 1. The van der Waals surface area contributed by atoms with Gasteiger partial charge in [-0.1, -0.05) is 32.0 Å². The third-order valence-corrected chi connectivity index (χ3v) is 2.74. The Labute approximate surface area is 89.0 Å². The van der Waals surface area contributed by atoms with Crippen molar-refractivity contribution < 1.29 is 0 Å². The molecule has 0 atom stereocenters. The minimum absolute atomic E-state index is 0.0203. The number of aromatic nitrogens is 1. The second-order valence-electron chi connectivity index (χ2n) is 4.24. The van der Waals surface area contributed by atoms with Crippen LogP contribution in [0.3, 0.4) is 0 Å². The van der Waals surface area contributed by atoms with Crippen LogP contribution in [-0.4, -0.2) is 4.98 Å². The zero-order valence-corrected chi connectivity index (χ0v) is 9.29. The van der Waals surface area contributed by atoms with E-state index < -0.39 is 0 Å². The number of aromatic amines is 1. The van der Waals surface area contributed by atoms with Crippen molar-refractivity contribution in [2.24, 2.45) is 0 Å². The molecule has 1 aromatic carbocycles. The predicted octanol–water partition coefficient (Wildman–Crippen LogP) is 2.96. The average molecular weight is 201 g/mol. The Hall–Kier alpha value is -1.57. The van der Waals surface area contributed by atoms with E-state index in [0.717, 1.165) is 16.5 Å². The molecule has 78 valence electrons. The predicted molar refractivity (Wildman–Crippen MR) is 63.4 cm³/mol. The van der Waals surface area contributed by atoms with Crippen molar-refractivity contribution in [3.8, 4) is 0 Å². The van der Waals surface area contributed by atoms with Crippen LogP contribution in [0.1, 0.15) is 30.9 Å². The highest BCUT2D eigenvalue weighted by molar-refractivity contribution is 5.84. The van der Waals surface area contributed by atoms with Crippen LogP contribution in [0.4, 0.5) is 0 Å². The summed E-state index contributed by atoms with van der Waals surface area (Å²) in [4.78, 5) is 14.3. The van der Waals surface area contributed by atoms with E-state index in [4.69, 9.17) is 0 Å². The largest absolute Gasteiger partial charge is 0.322 e. The Balaban J connectivity index is 2.91. The van der Waals surface area contributed by atoms with Crippen molar-refractivity contribution in [1.29, 1.82) is 0 Å². The number of aryl methyl sites for hydroxylation is 1. The molecule has 0 saturated heterocycles. The summed E-state index contributed by atoms with van der Waals surface area (Å²) in [5.41, 5.74) is 3.20. The lowest BCUT2D eigenvalue weighted by atomic mass is 9.98. The number of hydrogen-bond acceptors (Lipinski definition) is 1. The van der Waals surface area contributed by atoms with Crippen LogP contribution in [0, 0.1) is 6.92 Å². The monoisotopic (exact) mass is 201 g/mol. The number of nitrogens with one attached hydrogen (secondary N) is 1. The molecule has 2 aromatic rings. The first-order valence-electron chi connectivity index (χ1n) is 5.22. The van der Waals surface area contributed by atoms with Crippen LogP contribution in [-0.2, 0) is 0 Å². The smallest absolute Gasteiger partial charge is 0.248 e. The lowest BCUT2D eigenvalue weighted by Crippen LogP contribution is -2.06. The molecular weight excluding hydrogens is 186 g/mol. The summed E-state index contributed by atoms with van der Waals surface area (Å²) in [5, 5.41) is 1.14. The molecule has 0 radical (unpaired) electrons. The molecule has 2 rings (SSSR count). The highest BCUT2D eigenvalue weighted by Gasteiger charge is 2.07. The van der Waals surface area contributed by atoms with Crippen molar-refractivity contribution in [3.05, 3.63) is 45.7 Å². The Kier molecular flexibility index (Phi) is 2.35. The maximum atomic E-state index is 11.4. The van der Waals surface area contributed by atoms with Gasteiger partial charge in [-0.15, -0.1) is 0 Å². The molecular formula is C13H15NO. The first-order valence-corrected chi connectivity index (χ1v) is 5.22. The molecule has 0 fully saturated rings. The lowest BCUT2D eigenvalue weighted by Gasteiger charge is -2.10. The van der Waals surface area contributed by atoms with E-state index >= 15 is 0 Å². The van der Waals surface area contributed by atoms with Crippen LogP contribution in [0.25, 0.3) is 10.9 Å². The van der Waals surface area contributed by atoms with Gasteiger partial charge in [-0.05, 0) is 24.0 Å². The molecule has 0 unspecified atom stereocenters. The van der Waals surface area contributed by atoms with Crippen LogP contribution in [0.2, 0.25) is 0 Å². The summed E-state index contributed by atoms with van der Waals surface area (Å²) in [6.45, 7) is 6.24. The van der Waals surface area contributed by atoms with E-state index in [9.17, 15) is 4.79 Å². The molecule has 1 aromatic heterocycles. The average Bonchev–Trinajstić information content (AvgIpc) is 2.16. The van der Waals surface area contributed by atoms with Crippen molar-refractivity contribution in [2.75, 3.05) is 0 Å². The normalized spacial score (nSPS) is 11.2. The van der Waals surface area contributed by atoms with Crippen LogP contribution < -0.4 is 5.56 Å². The minimum atomic E-state index is -0.0203. The fourth-order valence-electron chi connectivity index (χ4n) is 1.95. The van der Waals surface area contributed by atoms with Crippen LogP contribution >= 0.6 is 0 Å². The highest BCUT2D eigenvalue weighted by atomic mass is 16.1. The van der Waals surface area contributed by atoms with Gasteiger partial charge in [0.2, 0.25) is 5.56 Å². The Morgan fingerprint density at radius 3 is 2.67 bits per heavy atom. The van der Waals surface area contributed by atoms with Crippen LogP contribution in [0.15, 0.2) is 29.1 Å². The third kappa shape index (κ3) is 1.67. The van der Waals surface area contributed by atoms with E-state index in [2.05, 4.69) is 24.9 Å². The van der Waals surface area contributed by atoms with Gasteiger partial charge in [0.1, 0.15) is 0 Å². The van der Waals surface area contributed by atoms with Gasteiger partial charge in [0.25, 0.3) is 0 Å². The van der Waals surface area contributed by atoms with E-state index in [1.54, 1.807) is 6.07 Å². The standard InChI is InChI=1S/C13H15NO/c1-8(2)10-5-4-6-11-9(3)7-12(15)14-13(10)11/h4-8H,1-3H3,(H,14,15). The first-order chi connectivity index (χ1) is 7.09. The van der Waals surface area contributed by atoms with Crippen molar-refractivity contribution in [1.82, 2.24) is 4.98 Å². The van der Waals surface area contributed by atoms with Gasteiger partial charge >= 0.3 is 0 Å². The van der Waals surface area contributed by atoms with Gasteiger partial charge in [0, 0.05) is 11.5 Å². The van der Waals surface area contributed by atoms with Crippen LogP contribution in [0.5, 0.6) is 0 Å². The summed E-state index contributed by atoms with van der Waals surface area (Å²) < 4.78 is 0. The Morgan fingerprint density at radius 2 is 2.00 bits per heavy atom. The van der Waals surface area contributed by atoms with Gasteiger partial charge < -0.3 is 4.98 Å². The third-order valence-electron chi connectivity index (χ3n) is 2.74. The van der Waals surface area contributed by atoms with Gasteiger partial charge in [0.05, 0.1) is 5.52 Å². The molecule has 0 aliphatic rings. The summed E-state index contributed by atoms with van der Waals surface area (Å²) in [5.74, 6) is 0.422. The second kappa shape index (κ2) is 3.54. The topological polar surface area (TPSA) is 32.9 Å².